The van der Waals surface area contributed by atoms with Gasteiger partial charge in [0.05, 0.1) is 9.40 Å². The third-order valence-electron chi connectivity index (χ3n) is 5.32. The molecule has 0 unspecified atom stereocenters. The van der Waals surface area contributed by atoms with Crippen LogP contribution in [0.15, 0.2) is 78.9 Å². The molecule has 136 valence electrons. The first-order valence-corrected chi connectivity index (χ1v) is 11.2. The molecule has 2 heteroatoms. The molecule has 0 amide bonds. The summed E-state index contributed by atoms with van der Waals surface area (Å²) in [5.41, 5.74) is 3.42. The van der Waals surface area contributed by atoms with Crippen LogP contribution < -0.4 is 0 Å². The molecule has 0 saturated heterocycles. The van der Waals surface area contributed by atoms with E-state index in [1.54, 1.807) is 0 Å². The number of aryl methyl sites for hydroxylation is 1. The number of hydrogen-bond donors (Lipinski definition) is 0. The van der Waals surface area contributed by atoms with E-state index in [1.165, 1.54) is 45.9 Å². The van der Waals surface area contributed by atoms with Crippen LogP contribution in [0.1, 0.15) is 16.7 Å². The third kappa shape index (κ3) is 2.83. The third-order valence-corrected chi connectivity index (χ3v) is 7.84. The fourth-order valence-electron chi connectivity index (χ4n) is 3.87. The SMILES string of the molecule is Cc1ccc2cc3sc4c5cc(C#Cc6ccccc6)ccc5sc4c3cc2c1. The molecule has 0 aliphatic heterocycles. The fourth-order valence-corrected chi connectivity index (χ4v) is 6.51. The zero-order chi connectivity index (χ0) is 19.4. The molecule has 6 aromatic rings. The maximum absolute atomic E-state index is 3.33. The van der Waals surface area contributed by atoms with Gasteiger partial charge in [0, 0.05) is 31.3 Å². The van der Waals surface area contributed by atoms with Gasteiger partial charge in [-0.25, -0.2) is 0 Å². The molecule has 0 N–H and O–H groups in total. The van der Waals surface area contributed by atoms with E-state index < -0.39 is 0 Å². The second kappa shape index (κ2) is 6.46. The van der Waals surface area contributed by atoms with Gasteiger partial charge in [0.25, 0.3) is 0 Å². The van der Waals surface area contributed by atoms with E-state index in [9.17, 15) is 0 Å². The molecule has 2 heterocycles. The van der Waals surface area contributed by atoms with Crippen LogP contribution in [0, 0.1) is 18.8 Å². The minimum atomic E-state index is 1.05. The maximum Gasteiger partial charge on any atom is 0.0542 e. The Labute approximate surface area is 177 Å². The number of rotatable bonds is 0. The first kappa shape index (κ1) is 16.8. The molecule has 0 radical (unpaired) electrons. The smallest absolute Gasteiger partial charge is 0.0542 e. The Morgan fingerprint density at radius 2 is 1.34 bits per heavy atom. The number of hydrogen-bond acceptors (Lipinski definition) is 2. The van der Waals surface area contributed by atoms with Crippen molar-refractivity contribution in [1.29, 1.82) is 0 Å². The highest BCUT2D eigenvalue weighted by Crippen LogP contribution is 2.45. The lowest BCUT2D eigenvalue weighted by atomic mass is 10.1. The van der Waals surface area contributed by atoms with Crippen LogP contribution in [-0.4, -0.2) is 0 Å². The van der Waals surface area contributed by atoms with Crippen LogP contribution in [0.2, 0.25) is 0 Å². The molecule has 29 heavy (non-hydrogen) atoms. The first-order valence-electron chi connectivity index (χ1n) is 9.61. The minimum Gasteiger partial charge on any atom is -0.134 e. The Morgan fingerprint density at radius 1 is 0.586 bits per heavy atom. The second-order valence-electron chi connectivity index (χ2n) is 7.39. The second-order valence-corrected chi connectivity index (χ2v) is 9.49. The lowest BCUT2D eigenvalue weighted by Gasteiger charge is -2.00. The van der Waals surface area contributed by atoms with Crippen molar-refractivity contribution < 1.29 is 0 Å². The van der Waals surface area contributed by atoms with E-state index in [-0.39, 0.29) is 0 Å². The molecule has 2 aromatic heterocycles. The van der Waals surface area contributed by atoms with Crippen molar-refractivity contribution in [3.63, 3.8) is 0 Å². The Kier molecular flexibility index (Phi) is 3.74. The molecule has 0 bridgehead atoms. The van der Waals surface area contributed by atoms with Crippen molar-refractivity contribution in [3.05, 3.63) is 95.6 Å². The molecule has 0 fully saturated rings. The van der Waals surface area contributed by atoms with Gasteiger partial charge in [0.15, 0.2) is 0 Å². The lowest BCUT2D eigenvalue weighted by molar-refractivity contribution is 1.51. The van der Waals surface area contributed by atoms with E-state index in [4.69, 9.17) is 0 Å². The van der Waals surface area contributed by atoms with E-state index >= 15 is 0 Å². The van der Waals surface area contributed by atoms with Crippen molar-refractivity contribution in [2.75, 3.05) is 0 Å². The Balaban J connectivity index is 1.56. The summed E-state index contributed by atoms with van der Waals surface area (Å²) in [7, 11) is 0. The Morgan fingerprint density at radius 3 is 2.21 bits per heavy atom. The summed E-state index contributed by atoms with van der Waals surface area (Å²) >= 11 is 3.80. The summed E-state index contributed by atoms with van der Waals surface area (Å²) in [5.74, 6) is 6.61. The highest BCUT2D eigenvalue weighted by Gasteiger charge is 2.13. The van der Waals surface area contributed by atoms with E-state index in [2.05, 4.69) is 67.3 Å². The van der Waals surface area contributed by atoms with Crippen LogP contribution >= 0.6 is 22.7 Å². The average Bonchev–Trinajstić information content (AvgIpc) is 3.27. The normalized spacial score (nSPS) is 11.3. The van der Waals surface area contributed by atoms with Gasteiger partial charge in [0.1, 0.15) is 0 Å². The summed E-state index contributed by atoms with van der Waals surface area (Å²) < 4.78 is 5.49. The van der Waals surface area contributed by atoms with Gasteiger partial charge in [-0.15, -0.1) is 22.7 Å². The molecular weight excluding hydrogens is 388 g/mol. The van der Waals surface area contributed by atoms with Crippen molar-refractivity contribution in [2.45, 2.75) is 6.92 Å². The summed E-state index contributed by atoms with van der Waals surface area (Å²) in [6.07, 6.45) is 0. The predicted molar refractivity (Wildman–Crippen MR) is 129 cm³/mol. The average molecular weight is 405 g/mol. The van der Waals surface area contributed by atoms with Gasteiger partial charge in [0.2, 0.25) is 0 Å². The topological polar surface area (TPSA) is 0 Å². The van der Waals surface area contributed by atoms with Gasteiger partial charge < -0.3 is 0 Å². The van der Waals surface area contributed by atoms with Crippen molar-refractivity contribution >= 4 is 63.0 Å². The summed E-state index contributed by atoms with van der Waals surface area (Å²) in [4.78, 5) is 0. The van der Waals surface area contributed by atoms with Crippen LogP contribution in [0.3, 0.4) is 0 Å². The van der Waals surface area contributed by atoms with Gasteiger partial charge in [-0.1, -0.05) is 53.8 Å². The van der Waals surface area contributed by atoms with Crippen molar-refractivity contribution in [3.8, 4) is 11.8 Å². The van der Waals surface area contributed by atoms with Crippen molar-refractivity contribution in [2.24, 2.45) is 0 Å². The zero-order valence-electron chi connectivity index (χ0n) is 15.8. The molecular formula is C27H16S2. The largest absolute Gasteiger partial charge is 0.134 e. The fraction of sp³-hybridized carbons (Fsp3) is 0.0370. The van der Waals surface area contributed by atoms with Crippen LogP contribution in [0.4, 0.5) is 0 Å². The first-order chi connectivity index (χ1) is 14.2. The van der Waals surface area contributed by atoms with E-state index in [0.29, 0.717) is 0 Å². The highest BCUT2D eigenvalue weighted by atomic mass is 32.1. The maximum atomic E-state index is 3.33. The monoisotopic (exact) mass is 404 g/mol. The zero-order valence-corrected chi connectivity index (χ0v) is 17.5. The van der Waals surface area contributed by atoms with Gasteiger partial charge in [-0.2, -0.15) is 0 Å². The molecule has 0 spiro atoms. The van der Waals surface area contributed by atoms with Crippen LogP contribution in [-0.2, 0) is 0 Å². The summed E-state index contributed by atoms with van der Waals surface area (Å²) in [5, 5.41) is 5.34. The van der Waals surface area contributed by atoms with Crippen LogP contribution in [0.5, 0.6) is 0 Å². The number of fused-ring (bicyclic) bond motifs is 6. The highest BCUT2D eigenvalue weighted by molar-refractivity contribution is 7.36. The van der Waals surface area contributed by atoms with Crippen LogP contribution in [0.25, 0.3) is 40.3 Å². The molecule has 4 aromatic carbocycles. The Bertz CT molecular complexity index is 1600. The number of thiophene rings is 2. The molecule has 0 aliphatic rings. The predicted octanol–water partition coefficient (Wildman–Crippen LogP) is 8.13. The quantitative estimate of drug-likeness (QED) is 0.224. The van der Waals surface area contributed by atoms with Gasteiger partial charge in [-0.3, -0.25) is 0 Å². The van der Waals surface area contributed by atoms with Gasteiger partial charge in [-0.05, 0) is 60.2 Å². The molecule has 0 nitrogen and oxygen atoms in total. The molecule has 6 rings (SSSR count). The van der Waals surface area contributed by atoms with Gasteiger partial charge >= 0.3 is 0 Å². The molecule has 0 aliphatic carbocycles. The molecule has 0 saturated carbocycles. The Hall–Kier alpha value is -3.12. The molecule has 0 atom stereocenters. The van der Waals surface area contributed by atoms with E-state index in [1.807, 2.05) is 53.0 Å². The number of benzene rings is 4. The minimum absolute atomic E-state index is 1.05. The van der Waals surface area contributed by atoms with Crippen molar-refractivity contribution in [1.82, 2.24) is 0 Å². The lowest BCUT2D eigenvalue weighted by Crippen LogP contribution is -1.75. The summed E-state index contributed by atoms with van der Waals surface area (Å²) in [6, 6.07) is 28.2. The standard InChI is InChI=1S/C27H16S2/c1-17-7-11-20-16-25-23(15-21(20)13-17)27-26(29-25)22-14-19(10-12-24(22)28-27)9-8-18-5-3-2-4-6-18/h2-7,10-16H,1H3. The van der Waals surface area contributed by atoms with E-state index in [0.717, 1.165) is 11.1 Å². The summed E-state index contributed by atoms with van der Waals surface area (Å²) in [6.45, 7) is 2.16.